The summed E-state index contributed by atoms with van der Waals surface area (Å²) in [6, 6.07) is 4.84. The maximum atomic E-state index is 10.6. The Labute approximate surface area is 196 Å². The molecule has 0 aromatic carbocycles. The topological polar surface area (TPSA) is 109 Å². The van der Waals surface area contributed by atoms with Gasteiger partial charge in [-0.1, -0.05) is 6.42 Å². The largest absolute Gasteiger partial charge is 0.492 e. The number of alkyl halides is 6. The van der Waals surface area contributed by atoms with Gasteiger partial charge in [0.1, 0.15) is 5.75 Å². The van der Waals surface area contributed by atoms with Crippen molar-refractivity contribution in [3.05, 3.63) is 24.0 Å². The fourth-order valence-electron chi connectivity index (χ4n) is 3.79. The number of hydrogen-bond donors (Lipinski definition) is 2. The van der Waals surface area contributed by atoms with E-state index in [2.05, 4.69) is 9.88 Å². The van der Waals surface area contributed by atoms with Crippen LogP contribution in [0.3, 0.4) is 0 Å². The van der Waals surface area contributed by atoms with Gasteiger partial charge < -0.3 is 19.7 Å². The monoisotopic (exact) mass is 516 g/mol. The van der Waals surface area contributed by atoms with E-state index in [0.717, 1.165) is 37.2 Å². The Morgan fingerprint density at radius 3 is 2.09 bits per heavy atom. The minimum absolute atomic E-state index is 0.440. The molecule has 2 aliphatic heterocycles. The standard InChI is InChI=1S/C17H24N2O2.2C2HF3O2/c1-12-5-6-15(7-18-12)20-10-13-11-21-17-9-19(8-16(13)17)14-3-2-4-14;2*3-2(4,5)1(6)7/h5-7,13-14,16-17H,2-4,8-11H2,1H3;2*(H,6,7)/t13-,16-,17-;;/m1../s1. The Bertz CT molecular complexity index is 820. The fourth-order valence-corrected chi connectivity index (χ4v) is 3.79. The summed E-state index contributed by atoms with van der Waals surface area (Å²) < 4.78 is 75.4. The van der Waals surface area contributed by atoms with Crippen molar-refractivity contribution in [1.29, 1.82) is 0 Å². The highest BCUT2D eigenvalue weighted by Crippen LogP contribution is 2.38. The summed E-state index contributed by atoms with van der Waals surface area (Å²) in [5, 5.41) is 14.2. The van der Waals surface area contributed by atoms with Crippen LogP contribution in [0.4, 0.5) is 26.3 Å². The maximum Gasteiger partial charge on any atom is 0.490 e. The lowest BCUT2D eigenvalue weighted by molar-refractivity contribution is -0.193. The third kappa shape index (κ3) is 8.84. The number of hydrogen-bond acceptors (Lipinski definition) is 6. The molecule has 198 valence electrons. The first-order chi connectivity index (χ1) is 16.2. The zero-order chi connectivity index (χ0) is 26.4. The molecule has 3 heterocycles. The van der Waals surface area contributed by atoms with Gasteiger partial charge >= 0.3 is 24.3 Å². The molecule has 1 aromatic heterocycles. The van der Waals surface area contributed by atoms with Crippen LogP contribution in [0, 0.1) is 18.8 Å². The van der Waals surface area contributed by atoms with Gasteiger partial charge in [0.15, 0.2) is 0 Å². The average Bonchev–Trinajstić information content (AvgIpc) is 3.27. The summed E-state index contributed by atoms with van der Waals surface area (Å²) >= 11 is 0. The van der Waals surface area contributed by atoms with Gasteiger partial charge in [0.25, 0.3) is 0 Å². The van der Waals surface area contributed by atoms with Crippen molar-refractivity contribution in [3.63, 3.8) is 0 Å². The van der Waals surface area contributed by atoms with Gasteiger partial charge in [-0.05, 0) is 31.9 Å². The number of carboxylic acid groups (broad SMARTS) is 2. The second-order valence-electron chi connectivity index (χ2n) is 8.39. The number of fused-ring (bicyclic) bond motifs is 1. The van der Waals surface area contributed by atoms with Crippen LogP contribution in [0.1, 0.15) is 25.0 Å². The average molecular weight is 516 g/mol. The number of carbonyl (C=O) groups is 2. The number of pyridine rings is 1. The molecular formula is C21H26F6N2O6. The molecule has 35 heavy (non-hydrogen) atoms. The van der Waals surface area contributed by atoms with Crippen molar-refractivity contribution in [2.24, 2.45) is 11.8 Å². The molecular weight excluding hydrogens is 490 g/mol. The Morgan fingerprint density at radius 2 is 1.66 bits per heavy atom. The zero-order valence-electron chi connectivity index (χ0n) is 18.7. The zero-order valence-corrected chi connectivity index (χ0v) is 18.7. The van der Waals surface area contributed by atoms with E-state index >= 15 is 0 Å². The number of rotatable bonds is 4. The van der Waals surface area contributed by atoms with Crippen molar-refractivity contribution in [2.45, 2.75) is 50.7 Å². The van der Waals surface area contributed by atoms with Gasteiger partial charge in [-0.15, -0.1) is 0 Å². The Hall–Kier alpha value is -2.61. The highest BCUT2D eigenvalue weighted by atomic mass is 19.4. The van der Waals surface area contributed by atoms with Gasteiger partial charge in [-0.2, -0.15) is 26.3 Å². The molecule has 1 aromatic rings. The molecule has 4 rings (SSSR count). The molecule has 2 N–H and O–H groups in total. The first-order valence-electron chi connectivity index (χ1n) is 10.7. The molecule has 3 fully saturated rings. The van der Waals surface area contributed by atoms with E-state index in [4.69, 9.17) is 29.3 Å². The summed E-state index contributed by atoms with van der Waals surface area (Å²) in [6.07, 6.45) is -3.73. The van der Waals surface area contributed by atoms with Gasteiger partial charge in [0.05, 0.1) is 25.5 Å². The van der Waals surface area contributed by atoms with Crippen molar-refractivity contribution in [2.75, 3.05) is 26.3 Å². The number of ether oxygens (including phenoxy) is 2. The lowest BCUT2D eigenvalue weighted by Gasteiger charge is -2.35. The van der Waals surface area contributed by atoms with Crippen molar-refractivity contribution < 1.29 is 55.6 Å². The van der Waals surface area contributed by atoms with Crippen LogP contribution in [0.15, 0.2) is 18.3 Å². The molecule has 0 spiro atoms. The Morgan fingerprint density at radius 1 is 1.09 bits per heavy atom. The predicted molar refractivity (Wildman–Crippen MR) is 108 cm³/mol. The van der Waals surface area contributed by atoms with Gasteiger partial charge in [-0.3, -0.25) is 9.88 Å². The van der Waals surface area contributed by atoms with Gasteiger partial charge in [0.2, 0.25) is 0 Å². The number of nitrogens with zero attached hydrogens (tertiary/aromatic N) is 2. The first kappa shape index (κ1) is 28.6. The molecule has 1 aliphatic carbocycles. The van der Waals surface area contributed by atoms with Crippen LogP contribution in [-0.4, -0.2) is 82.8 Å². The summed E-state index contributed by atoms with van der Waals surface area (Å²) in [5.74, 6) is -3.46. The fraction of sp³-hybridized carbons (Fsp3) is 0.667. The quantitative estimate of drug-likeness (QED) is 0.586. The third-order valence-corrected chi connectivity index (χ3v) is 5.89. The molecule has 3 aliphatic rings. The Balaban J connectivity index is 0.000000257. The molecule has 0 amide bonds. The van der Waals surface area contributed by atoms with E-state index < -0.39 is 24.3 Å². The minimum atomic E-state index is -5.08. The minimum Gasteiger partial charge on any atom is -0.492 e. The number of likely N-dealkylation sites (tertiary alicyclic amines) is 1. The molecule has 0 unspecified atom stereocenters. The second kappa shape index (κ2) is 11.9. The number of aromatic nitrogens is 1. The van der Waals surface area contributed by atoms with E-state index in [1.807, 2.05) is 25.3 Å². The van der Waals surface area contributed by atoms with E-state index in [-0.39, 0.29) is 0 Å². The van der Waals surface area contributed by atoms with Crippen LogP contribution in [0.5, 0.6) is 5.75 Å². The SMILES string of the molecule is Cc1ccc(OC[C@@H]2CO[C@@H]3CN(C4CCC4)C[C@H]23)cn1.O=C(O)C(F)(F)F.O=C(O)C(F)(F)F. The van der Waals surface area contributed by atoms with Gasteiger partial charge in [0, 0.05) is 36.7 Å². The number of halogens is 6. The molecule has 2 saturated heterocycles. The normalized spacial score (nSPS) is 24.3. The molecule has 1 saturated carbocycles. The second-order valence-corrected chi connectivity index (χ2v) is 8.39. The smallest absolute Gasteiger partial charge is 0.490 e. The molecule has 3 atom stereocenters. The van der Waals surface area contributed by atoms with E-state index in [1.54, 1.807) is 0 Å². The molecule has 0 bridgehead atoms. The van der Waals surface area contributed by atoms with Crippen LogP contribution < -0.4 is 4.74 Å². The highest BCUT2D eigenvalue weighted by molar-refractivity contribution is 5.73. The van der Waals surface area contributed by atoms with E-state index in [1.165, 1.54) is 25.8 Å². The third-order valence-electron chi connectivity index (χ3n) is 5.89. The summed E-state index contributed by atoms with van der Waals surface area (Å²) in [6.45, 7) is 5.94. The molecule has 0 radical (unpaired) electrons. The van der Waals surface area contributed by atoms with Crippen molar-refractivity contribution >= 4 is 11.9 Å². The van der Waals surface area contributed by atoms with Crippen molar-refractivity contribution in [1.82, 2.24) is 9.88 Å². The maximum absolute atomic E-state index is 10.6. The summed E-state index contributed by atoms with van der Waals surface area (Å²) in [5.41, 5.74) is 1.03. The predicted octanol–water partition coefficient (Wildman–Crippen LogP) is 3.53. The lowest BCUT2D eigenvalue weighted by Crippen LogP contribution is -2.40. The highest BCUT2D eigenvalue weighted by Gasteiger charge is 2.46. The number of aryl methyl sites for hydroxylation is 1. The van der Waals surface area contributed by atoms with E-state index in [0.29, 0.717) is 17.9 Å². The Kier molecular flexibility index (Phi) is 9.72. The molecule has 14 heteroatoms. The van der Waals surface area contributed by atoms with Gasteiger partial charge in [-0.25, -0.2) is 9.59 Å². The lowest BCUT2D eigenvalue weighted by atomic mass is 9.91. The van der Waals surface area contributed by atoms with E-state index in [9.17, 15) is 26.3 Å². The van der Waals surface area contributed by atoms with Crippen LogP contribution in [0.25, 0.3) is 0 Å². The summed E-state index contributed by atoms with van der Waals surface area (Å²) in [7, 11) is 0. The van der Waals surface area contributed by atoms with Crippen LogP contribution in [0.2, 0.25) is 0 Å². The number of carboxylic acids is 2. The first-order valence-corrected chi connectivity index (χ1v) is 10.7. The number of aliphatic carboxylic acids is 2. The summed E-state index contributed by atoms with van der Waals surface area (Å²) in [4.78, 5) is 24.7. The van der Waals surface area contributed by atoms with Crippen LogP contribution >= 0.6 is 0 Å². The van der Waals surface area contributed by atoms with Crippen LogP contribution in [-0.2, 0) is 14.3 Å². The van der Waals surface area contributed by atoms with Crippen molar-refractivity contribution in [3.8, 4) is 5.75 Å². The molecule has 8 nitrogen and oxygen atoms in total.